The zero-order valence-corrected chi connectivity index (χ0v) is 17.7. The zero-order chi connectivity index (χ0) is 20.3. The molecule has 158 valence electrons. The van der Waals surface area contributed by atoms with Crippen LogP contribution in [0.1, 0.15) is 72.1 Å². The van der Waals surface area contributed by atoms with Crippen LogP contribution >= 0.6 is 0 Å². The number of hydrogen-bond acceptors (Lipinski definition) is 4. The van der Waals surface area contributed by atoms with Crippen LogP contribution in [0, 0.1) is 11.3 Å². The van der Waals surface area contributed by atoms with Crippen LogP contribution in [0.2, 0.25) is 0 Å². The molecule has 1 aliphatic carbocycles. The van der Waals surface area contributed by atoms with Crippen LogP contribution in [-0.4, -0.2) is 61.5 Å². The zero-order valence-electron chi connectivity index (χ0n) is 17.7. The summed E-state index contributed by atoms with van der Waals surface area (Å²) in [5, 5.41) is 0. The van der Waals surface area contributed by atoms with Gasteiger partial charge in [0.05, 0.1) is 12.7 Å². The summed E-state index contributed by atoms with van der Waals surface area (Å²) in [6.45, 7) is 5.33. The first-order valence-corrected chi connectivity index (χ1v) is 11.3. The van der Waals surface area contributed by atoms with Crippen molar-refractivity contribution in [3.63, 3.8) is 0 Å². The summed E-state index contributed by atoms with van der Waals surface area (Å²) in [6.07, 6.45) is 10.6. The molecule has 0 N–H and O–H groups in total. The van der Waals surface area contributed by atoms with Gasteiger partial charge in [0.1, 0.15) is 0 Å². The predicted molar refractivity (Wildman–Crippen MR) is 113 cm³/mol. The van der Waals surface area contributed by atoms with Gasteiger partial charge in [-0.2, -0.15) is 0 Å². The van der Waals surface area contributed by atoms with Crippen LogP contribution in [0.25, 0.3) is 0 Å². The van der Waals surface area contributed by atoms with E-state index in [-0.39, 0.29) is 17.3 Å². The largest absolute Gasteiger partial charge is 0.465 e. The lowest BCUT2D eigenvalue weighted by atomic mass is 9.78. The van der Waals surface area contributed by atoms with Gasteiger partial charge in [0.25, 0.3) is 5.91 Å². The smallest absolute Gasteiger partial charge is 0.337 e. The third kappa shape index (κ3) is 4.66. The van der Waals surface area contributed by atoms with Crippen molar-refractivity contribution in [3.8, 4) is 0 Å². The first-order chi connectivity index (χ1) is 14.1. The molecule has 0 aromatic heterocycles. The van der Waals surface area contributed by atoms with E-state index in [4.69, 9.17) is 4.74 Å². The molecule has 2 heterocycles. The van der Waals surface area contributed by atoms with Gasteiger partial charge in [-0.05, 0) is 68.8 Å². The van der Waals surface area contributed by atoms with E-state index < -0.39 is 0 Å². The van der Waals surface area contributed by atoms with Gasteiger partial charge in [-0.1, -0.05) is 19.3 Å². The van der Waals surface area contributed by atoms with E-state index >= 15 is 0 Å². The molecule has 1 amide bonds. The summed E-state index contributed by atoms with van der Waals surface area (Å²) in [5.74, 6) is 0.596. The average Bonchev–Trinajstić information content (AvgIpc) is 3.16. The number of hydrogen-bond donors (Lipinski definition) is 0. The third-order valence-electron chi connectivity index (χ3n) is 7.26. The number of likely N-dealkylation sites (tertiary alicyclic amines) is 2. The Hall–Kier alpha value is -1.88. The van der Waals surface area contributed by atoms with E-state index in [0.717, 1.165) is 32.0 Å². The summed E-state index contributed by atoms with van der Waals surface area (Å²) in [7, 11) is 1.37. The highest BCUT2D eigenvalue weighted by Crippen LogP contribution is 2.40. The Bertz CT molecular complexity index is 726. The molecule has 1 unspecified atom stereocenters. The lowest BCUT2D eigenvalue weighted by Gasteiger charge is -2.42. The SMILES string of the molecule is COC(=O)c1ccc(C(=O)N2CCC3(CCCN(CC4CCCCC4)C3)C2)cc1. The summed E-state index contributed by atoms with van der Waals surface area (Å²) in [6, 6.07) is 6.85. The molecule has 1 aromatic carbocycles. The van der Waals surface area contributed by atoms with E-state index in [1.54, 1.807) is 24.3 Å². The molecule has 1 spiro atoms. The molecule has 29 heavy (non-hydrogen) atoms. The first kappa shape index (κ1) is 20.4. The molecule has 3 fully saturated rings. The molecule has 5 heteroatoms. The van der Waals surface area contributed by atoms with Gasteiger partial charge in [-0.15, -0.1) is 0 Å². The summed E-state index contributed by atoms with van der Waals surface area (Å²) in [5.41, 5.74) is 1.41. The highest BCUT2D eigenvalue weighted by molar-refractivity contribution is 5.96. The molecule has 2 saturated heterocycles. The van der Waals surface area contributed by atoms with Crippen LogP contribution < -0.4 is 0 Å². The van der Waals surface area contributed by atoms with Crippen LogP contribution in [0.5, 0.6) is 0 Å². The minimum absolute atomic E-state index is 0.0858. The number of ether oxygens (including phenoxy) is 1. The topological polar surface area (TPSA) is 49.9 Å². The number of piperidine rings is 1. The monoisotopic (exact) mass is 398 g/mol. The quantitative estimate of drug-likeness (QED) is 0.720. The lowest BCUT2D eigenvalue weighted by Crippen LogP contribution is -2.47. The van der Waals surface area contributed by atoms with Gasteiger partial charge in [-0.3, -0.25) is 4.79 Å². The molecule has 0 bridgehead atoms. The number of esters is 1. The van der Waals surface area contributed by atoms with Gasteiger partial charge in [0.15, 0.2) is 0 Å². The number of carbonyl (C=O) groups excluding carboxylic acids is 2. The summed E-state index contributed by atoms with van der Waals surface area (Å²) in [4.78, 5) is 29.3. The number of methoxy groups -OCH3 is 1. The fourth-order valence-electron chi connectivity index (χ4n) is 5.69. The molecule has 1 aromatic rings. The molecule has 1 saturated carbocycles. The maximum atomic E-state index is 13.0. The molecule has 3 aliphatic rings. The van der Waals surface area contributed by atoms with E-state index in [1.807, 2.05) is 4.90 Å². The van der Waals surface area contributed by atoms with Crippen LogP contribution in [0.4, 0.5) is 0 Å². The van der Waals surface area contributed by atoms with E-state index in [9.17, 15) is 9.59 Å². The maximum Gasteiger partial charge on any atom is 0.337 e. The van der Waals surface area contributed by atoms with E-state index in [0.29, 0.717) is 11.1 Å². The number of benzene rings is 1. The van der Waals surface area contributed by atoms with Gasteiger partial charge < -0.3 is 14.5 Å². The average molecular weight is 399 g/mol. The second kappa shape index (κ2) is 8.86. The first-order valence-electron chi connectivity index (χ1n) is 11.3. The summed E-state index contributed by atoms with van der Waals surface area (Å²) >= 11 is 0. The minimum atomic E-state index is -0.371. The van der Waals surface area contributed by atoms with Gasteiger partial charge >= 0.3 is 5.97 Å². The van der Waals surface area contributed by atoms with Crippen molar-refractivity contribution in [2.75, 3.05) is 39.8 Å². The highest BCUT2D eigenvalue weighted by Gasteiger charge is 2.43. The van der Waals surface area contributed by atoms with E-state index in [1.165, 1.54) is 65.1 Å². The van der Waals surface area contributed by atoms with Gasteiger partial charge in [0.2, 0.25) is 0 Å². The third-order valence-corrected chi connectivity index (χ3v) is 7.26. The van der Waals surface area contributed by atoms with Crippen LogP contribution in [0.3, 0.4) is 0 Å². The molecular weight excluding hydrogens is 364 g/mol. The van der Waals surface area contributed by atoms with Crippen LogP contribution in [-0.2, 0) is 4.74 Å². The lowest BCUT2D eigenvalue weighted by molar-refractivity contribution is 0.0598. The fourth-order valence-corrected chi connectivity index (χ4v) is 5.69. The molecule has 1 atom stereocenters. The Morgan fingerprint density at radius 2 is 1.69 bits per heavy atom. The van der Waals surface area contributed by atoms with Gasteiger partial charge in [-0.25, -0.2) is 4.79 Å². The van der Waals surface area contributed by atoms with Crippen molar-refractivity contribution in [2.45, 2.75) is 51.4 Å². The Kier molecular flexibility index (Phi) is 6.23. The number of amides is 1. The molecule has 0 radical (unpaired) electrons. The van der Waals surface area contributed by atoms with Crippen molar-refractivity contribution < 1.29 is 14.3 Å². The molecule has 4 rings (SSSR count). The highest BCUT2D eigenvalue weighted by atomic mass is 16.5. The number of rotatable bonds is 4. The molecular formula is C24H34N2O3. The van der Waals surface area contributed by atoms with Gasteiger partial charge in [0, 0.05) is 37.2 Å². The molecule has 5 nitrogen and oxygen atoms in total. The minimum Gasteiger partial charge on any atom is -0.465 e. The predicted octanol–water partition coefficient (Wildman–Crippen LogP) is 3.98. The van der Waals surface area contributed by atoms with Crippen molar-refractivity contribution in [2.24, 2.45) is 11.3 Å². The van der Waals surface area contributed by atoms with Crippen molar-refractivity contribution in [1.29, 1.82) is 0 Å². The molecule has 2 aliphatic heterocycles. The number of carbonyl (C=O) groups is 2. The van der Waals surface area contributed by atoms with Crippen molar-refractivity contribution in [3.05, 3.63) is 35.4 Å². The normalized spacial score (nSPS) is 26.0. The Morgan fingerprint density at radius 3 is 2.41 bits per heavy atom. The standard InChI is InChI=1S/C24H34N2O3/c1-29-23(28)21-10-8-20(9-11-21)22(27)26-15-13-24(18-26)12-5-14-25(17-24)16-19-6-3-2-4-7-19/h8-11,19H,2-7,12-18H2,1H3. The second-order valence-corrected chi connectivity index (χ2v) is 9.39. The Balaban J connectivity index is 1.36. The Morgan fingerprint density at radius 1 is 0.966 bits per heavy atom. The second-order valence-electron chi connectivity index (χ2n) is 9.39. The summed E-state index contributed by atoms with van der Waals surface area (Å²) < 4.78 is 4.74. The van der Waals surface area contributed by atoms with E-state index in [2.05, 4.69) is 4.90 Å². The Labute approximate surface area is 174 Å². The maximum absolute atomic E-state index is 13.0. The van der Waals surface area contributed by atoms with Crippen molar-refractivity contribution in [1.82, 2.24) is 9.80 Å². The number of nitrogens with zero attached hydrogens (tertiary/aromatic N) is 2. The van der Waals surface area contributed by atoms with Crippen LogP contribution in [0.15, 0.2) is 24.3 Å². The fraction of sp³-hybridized carbons (Fsp3) is 0.667. The van der Waals surface area contributed by atoms with Crippen molar-refractivity contribution >= 4 is 11.9 Å².